The summed E-state index contributed by atoms with van der Waals surface area (Å²) >= 11 is 0. The summed E-state index contributed by atoms with van der Waals surface area (Å²) in [5.74, 6) is -1.15. The number of aryl methyl sites for hydroxylation is 2. The van der Waals surface area contributed by atoms with Gasteiger partial charge in [-0.2, -0.15) is 0 Å². The molecule has 2 aromatic rings. The van der Waals surface area contributed by atoms with Gasteiger partial charge in [-0.25, -0.2) is 4.79 Å². The molecule has 0 amide bonds. The van der Waals surface area contributed by atoms with Gasteiger partial charge in [-0.3, -0.25) is 4.79 Å². The zero-order chi connectivity index (χ0) is 13.6. The van der Waals surface area contributed by atoms with Crippen LogP contribution in [0.1, 0.15) is 17.2 Å². The number of para-hydroxylation sites is 1. The zero-order valence-corrected chi connectivity index (χ0v) is 10.4. The molecule has 1 aliphatic rings. The first-order valence-corrected chi connectivity index (χ1v) is 6.04. The van der Waals surface area contributed by atoms with E-state index in [4.69, 9.17) is 9.84 Å². The van der Waals surface area contributed by atoms with Crippen molar-refractivity contribution in [2.75, 3.05) is 7.11 Å². The third-order valence-corrected chi connectivity index (χ3v) is 3.57. The maximum absolute atomic E-state index is 12.4. The van der Waals surface area contributed by atoms with Crippen LogP contribution in [0.5, 0.6) is 0 Å². The molecule has 1 N–H and O–H groups in total. The van der Waals surface area contributed by atoms with Crippen molar-refractivity contribution in [1.29, 1.82) is 0 Å². The van der Waals surface area contributed by atoms with Gasteiger partial charge in [0.15, 0.2) is 6.10 Å². The molecule has 0 saturated carbocycles. The van der Waals surface area contributed by atoms with Crippen molar-refractivity contribution in [3.8, 4) is 0 Å². The number of hydrogen-bond acceptors (Lipinski definition) is 3. The van der Waals surface area contributed by atoms with Crippen molar-refractivity contribution in [3.05, 3.63) is 45.7 Å². The summed E-state index contributed by atoms with van der Waals surface area (Å²) in [5.41, 5.74) is 1.95. The third-order valence-electron chi connectivity index (χ3n) is 3.57. The Morgan fingerprint density at radius 3 is 2.95 bits per heavy atom. The molecule has 1 aliphatic heterocycles. The van der Waals surface area contributed by atoms with Crippen molar-refractivity contribution in [2.24, 2.45) is 0 Å². The fourth-order valence-electron chi connectivity index (χ4n) is 2.74. The molecule has 3 rings (SSSR count). The highest BCUT2D eigenvalue weighted by Crippen LogP contribution is 2.26. The highest BCUT2D eigenvalue weighted by molar-refractivity contribution is 5.85. The van der Waals surface area contributed by atoms with Crippen LogP contribution in [0.2, 0.25) is 0 Å². The van der Waals surface area contributed by atoms with Gasteiger partial charge in [0.05, 0.1) is 11.1 Å². The Labute approximate surface area is 109 Å². The quantitative estimate of drug-likeness (QED) is 0.902. The molecule has 0 fully saturated rings. The van der Waals surface area contributed by atoms with Crippen LogP contribution >= 0.6 is 0 Å². The summed E-state index contributed by atoms with van der Waals surface area (Å²) < 4.78 is 6.58. The van der Waals surface area contributed by atoms with Crippen LogP contribution in [0.4, 0.5) is 0 Å². The van der Waals surface area contributed by atoms with Crippen LogP contribution in [0, 0.1) is 0 Å². The fraction of sp³-hybridized carbons (Fsp3) is 0.286. The SMILES string of the molecule is CO[C@H](C(=O)O)c1cc2cccc3c2n(c1=O)CC3. The second-order valence-corrected chi connectivity index (χ2v) is 4.62. The first-order chi connectivity index (χ1) is 9.13. The van der Waals surface area contributed by atoms with E-state index in [-0.39, 0.29) is 11.1 Å². The molecular formula is C14H13NO4. The Hall–Kier alpha value is -2.14. The number of benzene rings is 1. The van der Waals surface area contributed by atoms with Gasteiger partial charge in [0, 0.05) is 13.7 Å². The zero-order valence-electron chi connectivity index (χ0n) is 10.4. The van der Waals surface area contributed by atoms with Gasteiger partial charge >= 0.3 is 5.97 Å². The standard InChI is InChI=1S/C14H13NO4/c1-19-12(14(17)18)10-7-9-4-2-3-8-5-6-15(11(8)9)13(10)16/h2-4,7,12H,5-6H2,1H3,(H,17,18)/t12-/m0/s1. The topological polar surface area (TPSA) is 68.5 Å². The molecule has 0 aliphatic carbocycles. The molecule has 0 saturated heterocycles. The largest absolute Gasteiger partial charge is 0.479 e. The van der Waals surface area contributed by atoms with Crippen LogP contribution < -0.4 is 5.56 Å². The number of carboxylic acid groups (broad SMARTS) is 1. The van der Waals surface area contributed by atoms with Gasteiger partial charge < -0.3 is 14.4 Å². The van der Waals surface area contributed by atoms with Crippen LogP contribution in [0.3, 0.4) is 0 Å². The summed E-state index contributed by atoms with van der Waals surface area (Å²) in [4.78, 5) is 23.5. The van der Waals surface area contributed by atoms with Crippen molar-refractivity contribution in [3.63, 3.8) is 0 Å². The van der Waals surface area contributed by atoms with Crippen molar-refractivity contribution in [2.45, 2.75) is 19.1 Å². The predicted molar refractivity (Wildman–Crippen MR) is 69.3 cm³/mol. The Balaban J connectivity index is 2.33. The van der Waals surface area contributed by atoms with E-state index in [1.54, 1.807) is 10.6 Å². The monoisotopic (exact) mass is 259 g/mol. The van der Waals surface area contributed by atoms with Crippen molar-refractivity contribution in [1.82, 2.24) is 4.57 Å². The average Bonchev–Trinajstić information content (AvgIpc) is 2.81. The van der Waals surface area contributed by atoms with E-state index in [9.17, 15) is 9.59 Å². The second-order valence-electron chi connectivity index (χ2n) is 4.62. The molecule has 98 valence electrons. The number of methoxy groups -OCH3 is 1. The number of rotatable bonds is 3. The van der Waals surface area contributed by atoms with Gasteiger partial charge in [0.1, 0.15) is 0 Å². The van der Waals surface area contributed by atoms with Gasteiger partial charge in [-0.1, -0.05) is 18.2 Å². The van der Waals surface area contributed by atoms with E-state index in [1.807, 2.05) is 18.2 Å². The van der Waals surface area contributed by atoms with Crippen LogP contribution in [0.15, 0.2) is 29.1 Å². The first-order valence-electron chi connectivity index (χ1n) is 6.04. The minimum Gasteiger partial charge on any atom is -0.479 e. The molecule has 0 unspecified atom stereocenters. The van der Waals surface area contributed by atoms with Gasteiger partial charge in [0.25, 0.3) is 5.56 Å². The molecule has 5 nitrogen and oxygen atoms in total. The summed E-state index contributed by atoms with van der Waals surface area (Å²) in [5, 5.41) is 10.0. The number of pyridine rings is 1. The maximum atomic E-state index is 12.4. The Kier molecular flexibility index (Phi) is 2.64. The van der Waals surface area contributed by atoms with Crippen LogP contribution in [0.25, 0.3) is 10.9 Å². The molecule has 1 aromatic heterocycles. The maximum Gasteiger partial charge on any atom is 0.337 e. The molecule has 0 radical (unpaired) electrons. The molecular weight excluding hydrogens is 246 g/mol. The van der Waals surface area contributed by atoms with E-state index in [0.717, 1.165) is 22.9 Å². The number of carbonyl (C=O) groups is 1. The highest BCUT2D eigenvalue weighted by Gasteiger charge is 2.26. The summed E-state index contributed by atoms with van der Waals surface area (Å²) in [6.45, 7) is 0.596. The fourth-order valence-corrected chi connectivity index (χ4v) is 2.74. The lowest BCUT2D eigenvalue weighted by molar-refractivity contribution is -0.149. The predicted octanol–water partition coefficient (Wildman–Crippen LogP) is 1.33. The van der Waals surface area contributed by atoms with E-state index in [0.29, 0.717) is 6.54 Å². The highest BCUT2D eigenvalue weighted by atomic mass is 16.5. The number of carboxylic acids is 1. The third kappa shape index (κ3) is 1.66. The van der Waals surface area contributed by atoms with Crippen molar-refractivity contribution < 1.29 is 14.6 Å². The Bertz CT molecular complexity index is 732. The number of nitrogens with zero attached hydrogens (tertiary/aromatic N) is 1. The molecule has 0 bridgehead atoms. The lowest BCUT2D eigenvalue weighted by Crippen LogP contribution is -2.28. The normalized spacial score (nSPS) is 14.8. The van der Waals surface area contributed by atoms with Gasteiger partial charge in [0.2, 0.25) is 0 Å². The number of aromatic nitrogens is 1. The van der Waals surface area contributed by atoms with Gasteiger partial charge in [-0.15, -0.1) is 0 Å². The van der Waals surface area contributed by atoms with Crippen LogP contribution in [-0.4, -0.2) is 22.8 Å². The molecule has 1 atom stereocenters. The molecule has 1 aromatic carbocycles. The second kappa shape index (κ2) is 4.20. The number of hydrogen-bond donors (Lipinski definition) is 1. The summed E-state index contributed by atoms with van der Waals surface area (Å²) in [6.07, 6.45) is -0.411. The summed E-state index contributed by atoms with van der Waals surface area (Å²) in [6, 6.07) is 7.43. The summed E-state index contributed by atoms with van der Waals surface area (Å²) in [7, 11) is 1.29. The van der Waals surface area contributed by atoms with E-state index < -0.39 is 12.1 Å². The van der Waals surface area contributed by atoms with E-state index in [2.05, 4.69) is 0 Å². The first kappa shape index (κ1) is 11.9. The minimum atomic E-state index is -1.22. The molecule has 2 heterocycles. The number of aliphatic carboxylic acids is 1. The number of ether oxygens (including phenoxy) is 1. The molecule has 19 heavy (non-hydrogen) atoms. The van der Waals surface area contributed by atoms with Crippen molar-refractivity contribution >= 4 is 16.9 Å². The van der Waals surface area contributed by atoms with Gasteiger partial charge in [-0.05, 0) is 23.4 Å². The Morgan fingerprint density at radius 1 is 1.47 bits per heavy atom. The lowest BCUT2D eigenvalue weighted by Gasteiger charge is -2.13. The average molecular weight is 259 g/mol. The van der Waals surface area contributed by atoms with Crippen LogP contribution in [-0.2, 0) is 22.5 Å². The molecule has 0 spiro atoms. The molecule has 5 heteroatoms. The van der Waals surface area contributed by atoms with E-state index >= 15 is 0 Å². The minimum absolute atomic E-state index is 0.182. The Morgan fingerprint density at radius 2 is 2.26 bits per heavy atom. The lowest BCUT2D eigenvalue weighted by atomic mass is 10.1. The smallest absolute Gasteiger partial charge is 0.337 e. The van der Waals surface area contributed by atoms with E-state index in [1.165, 1.54) is 7.11 Å².